The molecule has 1 N–H and O–H groups in total. The molecule has 5 rings (SSSR count). The molecular weight excluding hydrogens is 462 g/mol. The Labute approximate surface area is 209 Å². The van der Waals surface area contributed by atoms with E-state index in [0.29, 0.717) is 31.7 Å². The third kappa shape index (κ3) is 5.80. The molecule has 0 unspecified atom stereocenters. The number of hydrogen-bond donors (Lipinski definition) is 1. The second-order valence-electron chi connectivity index (χ2n) is 9.09. The molecule has 8 nitrogen and oxygen atoms in total. The number of carbonyl (C=O) groups excluding carboxylic acids is 1. The standard InChI is InChI=1S/C26H31N5O3S/c32-25(19-34-21-6-2-1-3-7-21)31-12-9-26(33,10-13-31)22-20-35-24(28-22)18-29-14-16-30(17-15-29)23-8-4-5-11-27-23/h1-8,11,20,33H,9-10,12-19H2. The minimum absolute atomic E-state index is 0.0108. The van der Waals surface area contributed by atoms with E-state index in [1.54, 1.807) is 16.2 Å². The number of para-hydroxylation sites is 1. The van der Waals surface area contributed by atoms with Gasteiger partial charge in [-0.1, -0.05) is 24.3 Å². The Hall–Kier alpha value is -3.01. The number of likely N-dealkylation sites (tertiary alicyclic amines) is 1. The Balaban J connectivity index is 1.09. The summed E-state index contributed by atoms with van der Waals surface area (Å²) in [6.45, 7) is 5.59. The molecule has 0 spiro atoms. The second-order valence-corrected chi connectivity index (χ2v) is 10.0. The maximum atomic E-state index is 12.6. The summed E-state index contributed by atoms with van der Waals surface area (Å²) in [5.74, 6) is 1.66. The first-order valence-electron chi connectivity index (χ1n) is 12.1. The van der Waals surface area contributed by atoms with E-state index in [1.165, 1.54) is 0 Å². The monoisotopic (exact) mass is 493 g/mol. The molecule has 0 atom stereocenters. The van der Waals surface area contributed by atoms with Gasteiger partial charge in [0, 0.05) is 50.8 Å². The number of amides is 1. The summed E-state index contributed by atoms with van der Waals surface area (Å²) in [4.78, 5) is 28.3. The third-order valence-corrected chi connectivity index (χ3v) is 7.62. The van der Waals surface area contributed by atoms with Gasteiger partial charge < -0.3 is 19.6 Å². The average molecular weight is 494 g/mol. The number of piperidine rings is 1. The molecule has 3 aromatic rings. The average Bonchev–Trinajstić information content (AvgIpc) is 3.39. The van der Waals surface area contributed by atoms with Crippen LogP contribution in [0.15, 0.2) is 60.1 Å². The second kappa shape index (κ2) is 10.7. The van der Waals surface area contributed by atoms with Crippen LogP contribution in [0.3, 0.4) is 0 Å². The van der Waals surface area contributed by atoms with Crippen molar-refractivity contribution in [2.75, 3.05) is 50.8 Å². The van der Waals surface area contributed by atoms with E-state index in [9.17, 15) is 9.90 Å². The number of piperazine rings is 1. The Bertz CT molecular complexity index is 1090. The summed E-state index contributed by atoms with van der Waals surface area (Å²) < 4.78 is 5.59. The number of ether oxygens (including phenoxy) is 1. The van der Waals surface area contributed by atoms with Crippen LogP contribution in [-0.2, 0) is 16.9 Å². The Morgan fingerprint density at radius 1 is 1.00 bits per heavy atom. The summed E-state index contributed by atoms with van der Waals surface area (Å²) in [6.07, 6.45) is 2.80. The van der Waals surface area contributed by atoms with Crippen LogP contribution < -0.4 is 9.64 Å². The quantitative estimate of drug-likeness (QED) is 0.542. The van der Waals surface area contributed by atoms with Crippen molar-refractivity contribution < 1.29 is 14.6 Å². The summed E-state index contributed by atoms with van der Waals surface area (Å²) in [7, 11) is 0. The van der Waals surface area contributed by atoms with Crippen molar-refractivity contribution in [1.29, 1.82) is 0 Å². The van der Waals surface area contributed by atoms with Crippen molar-refractivity contribution >= 4 is 23.1 Å². The molecule has 2 aliphatic rings. The number of benzene rings is 1. The van der Waals surface area contributed by atoms with E-state index < -0.39 is 5.60 Å². The number of carbonyl (C=O) groups is 1. The number of aliphatic hydroxyl groups is 1. The van der Waals surface area contributed by atoms with Crippen LogP contribution in [0.4, 0.5) is 5.82 Å². The minimum atomic E-state index is -0.983. The summed E-state index contributed by atoms with van der Waals surface area (Å²) in [6, 6.07) is 15.4. The highest BCUT2D eigenvalue weighted by molar-refractivity contribution is 7.09. The summed E-state index contributed by atoms with van der Waals surface area (Å²) in [5, 5.41) is 14.3. The lowest BCUT2D eigenvalue weighted by Gasteiger charge is -2.37. The zero-order chi connectivity index (χ0) is 24.1. The lowest BCUT2D eigenvalue weighted by atomic mass is 9.89. The molecule has 2 fully saturated rings. The van der Waals surface area contributed by atoms with Crippen molar-refractivity contribution in [1.82, 2.24) is 19.8 Å². The van der Waals surface area contributed by atoms with Crippen LogP contribution in [-0.4, -0.2) is 76.7 Å². The van der Waals surface area contributed by atoms with Gasteiger partial charge in [-0.2, -0.15) is 0 Å². The number of pyridine rings is 1. The highest BCUT2D eigenvalue weighted by atomic mass is 32.1. The number of nitrogens with zero attached hydrogens (tertiary/aromatic N) is 5. The van der Waals surface area contributed by atoms with Crippen LogP contribution in [0.25, 0.3) is 0 Å². The Morgan fingerprint density at radius 3 is 2.46 bits per heavy atom. The molecule has 184 valence electrons. The van der Waals surface area contributed by atoms with Gasteiger partial charge in [0.25, 0.3) is 5.91 Å². The molecule has 35 heavy (non-hydrogen) atoms. The van der Waals surface area contributed by atoms with Gasteiger partial charge in [-0.3, -0.25) is 9.69 Å². The van der Waals surface area contributed by atoms with Gasteiger partial charge in [0.05, 0.1) is 12.2 Å². The zero-order valence-corrected chi connectivity index (χ0v) is 20.6. The SMILES string of the molecule is O=C(COc1ccccc1)N1CCC(O)(c2csc(CN3CCN(c4ccccn4)CC3)n2)CC1. The number of anilines is 1. The normalized spacial score (nSPS) is 18.4. The maximum absolute atomic E-state index is 12.6. The van der Waals surface area contributed by atoms with Crippen LogP contribution in [0.2, 0.25) is 0 Å². The van der Waals surface area contributed by atoms with Gasteiger partial charge in [-0.15, -0.1) is 11.3 Å². The molecular formula is C26H31N5O3S. The number of hydrogen-bond acceptors (Lipinski definition) is 8. The highest BCUT2D eigenvalue weighted by Gasteiger charge is 2.37. The first-order valence-corrected chi connectivity index (χ1v) is 13.0. The van der Waals surface area contributed by atoms with Gasteiger partial charge in [0.2, 0.25) is 0 Å². The lowest BCUT2D eigenvalue weighted by Crippen LogP contribution is -2.47. The van der Waals surface area contributed by atoms with E-state index in [0.717, 1.165) is 49.2 Å². The fourth-order valence-corrected chi connectivity index (χ4v) is 5.53. The fourth-order valence-electron chi connectivity index (χ4n) is 4.60. The molecule has 0 aliphatic carbocycles. The molecule has 0 saturated carbocycles. The molecule has 2 aromatic heterocycles. The first-order chi connectivity index (χ1) is 17.1. The van der Waals surface area contributed by atoms with Gasteiger partial charge >= 0.3 is 0 Å². The Kier molecular flexibility index (Phi) is 7.26. The van der Waals surface area contributed by atoms with Crippen LogP contribution in [0, 0.1) is 0 Å². The van der Waals surface area contributed by atoms with E-state index >= 15 is 0 Å². The smallest absolute Gasteiger partial charge is 0.260 e. The molecule has 1 aromatic carbocycles. The van der Waals surface area contributed by atoms with Crippen molar-refractivity contribution in [2.24, 2.45) is 0 Å². The first kappa shape index (κ1) is 23.7. The van der Waals surface area contributed by atoms with Crippen molar-refractivity contribution in [3.63, 3.8) is 0 Å². The van der Waals surface area contributed by atoms with E-state index in [1.807, 2.05) is 54.0 Å². The van der Waals surface area contributed by atoms with Crippen molar-refractivity contribution in [3.8, 4) is 5.75 Å². The maximum Gasteiger partial charge on any atom is 0.260 e. The molecule has 4 heterocycles. The Morgan fingerprint density at radius 2 is 1.74 bits per heavy atom. The molecule has 0 radical (unpaired) electrons. The van der Waals surface area contributed by atoms with E-state index in [-0.39, 0.29) is 12.5 Å². The molecule has 9 heteroatoms. The van der Waals surface area contributed by atoms with Gasteiger partial charge in [-0.05, 0) is 37.1 Å². The van der Waals surface area contributed by atoms with Gasteiger partial charge in [0.1, 0.15) is 22.2 Å². The summed E-state index contributed by atoms with van der Waals surface area (Å²) >= 11 is 1.61. The van der Waals surface area contributed by atoms with Crippen molar-refractivity contribution in [2.45, 2.75) is 25.0 Å². The fraction of sp³-hybridized carbons (Fsp3) is 0.423. The number of rotatable bonds is 7. The molecule has 0 bridgehead atoms. The van der Waals surface area contributed by atoms with E-state index in [4.69, 9.17) is 9.72 Å². The van der Waals surface area contributed by atoms with Crippen LogP contribution in [0.1, 0.15) is 23.5 Å². The minimum Gasteiger partial charge on any atom is -0.484 e. The zero-order valence-electron chi connectivity index (χ0n) is 19.8. The highest BCUT2D eigenvalue weighted by Crippen LogP contribution is 2.34. The predicted molar refractivity (Wildman–Crippen MR) is 135 cm³/mol. The number of aromatic nitrogens is 2. The van der Waals surface area contributed by atoms with E-state index in [2.05, 4.69) is 20.9 Å². The topological polar surface area (TPSA) is 82.0 Å². The van der Waals surface area contributed by atoms with Crippen LogP contribution >= 0.6 is 11.3 Å². The van der Waals surface area contributed by atoms with Crippen molar-refractivity contribution in [3.05, 3.63) is 70.8 Å². The third-order valence-electron chi connectivity index (χ3n) is 6.78. The predicted octanol–water partition coefficient (Wildman–Crippen LogP) is 2.75. The van der Waals surface area contributed by atoms with Crippen LogP contribution in [0.5, 0.6) is 5.75 Å². The largest absolute Gasteiger partial charge is 0.484 e. The van der Waals surface area contributed by atoms with Gasteiger partial charge in [0.15, 0.2) is 6.61 Å². The number of thiazole rings is 1. The molecule has 2 saturated heterocycles. The molecule has 1 amide bonds. The van der Waals surface area contributed by atoms with Gasteiger partial charge in [-0.25, -0.2) is 9.97 Å². The summed E-state index contributed by atoms with van der Waals surface area (Å²) in [5.41, 5.74) is -0.249. The molecule has 2 aliphatic heterocycles. The lowest BCUT2D eigenvalue weighted by molar-refractivity contribution is -0.138.